The molecule has 0 bridgehead atoms. The molecule has 3 aliphatic rings. The van der Waals surface area contributed by atoms with Gasteiger partial charge in [0.05, 0.1) is 0 Å². The van der Waals surface area contributed by atoms with Gasteiger partial charge < -0.3 is 15.5 Å². The first-order valence-corrected chi connectivity index (χ1v) is 9.59. The zero-order valence-corrected chi connectivity index (χ0v) is 15.7. The molecule has 1 atom stereocenters. The number of amides is 3. The third kappa shape index (κ3) is 3.49. The molecule has 3 N–H and O–H groups in total. The summed E-state index contributed by atoms with van der Waals surface area (Å²) in [5, 5.41) is 2.33. The van der Waals surface area contributed by atoms with Crippen LogP contribution in [0.5, 0.6) is 0 Å². The van der Waals surface area contributed by atoms with Crippen molar-refractivity contribution in [3.05, 3.63) is 34.9 Å². The maximum atomic E-state index is 12.9. The molecular formula is C20H26N4O3. The number of piperidine rings is 1. The van der Waals surface area contributed by atoms with Crippen LogP contribution in [0.3, 0.4) is 0 Å². The lowest BCUT2D eigenvalue weighted by atomic mass is 9.77. The molecule has 1 unspecified atom stereocenters. The van der Waals surface area contributed by atoms with Crippen LogP contribution in [0.2, 0.25) is 0 Å². The van der Waals surface area contributed by atoms with Gasteiger partial charge in [-0.3, -0.25) is 19.7 Å². The summed E-state index contributed by atoms with van der Waals surface area (Å²) in [5.74, 6) is -0.769. The number of nitrogens with one attached hydrogen (secondary N) is 1. The molecule has 4 rings (SSSR count). The van der Waals surface area contributed by atoms with E-state index in [9.17, 15) is 14.4 Å². The summed E-state index contributed by atoms with van der Waals surface area (Å²) in [6.45, 7) is 2.00. The Morgan fingerprint density at radius 3 is 2.74 bits per heavy atom. The minimum absolute atomic E-state index is 0.0656. The maximum absolute atomic E-state index is 12.9. The fourth-order valence-corrected chi connectivity index (χ4v) is 4.39. The van der Waals surface area contributed by atoms with E-state index in [1.807, 2.05) is 18.2 Å². The molecule has 7 nitrogen and oxygen atoms in total. The Bertz CT molecular complexity index is 802. The van der Waals surface area contributed by atoms with E-state index in [-0.39, 0.29) is 29.7 Å². The largest absolute Gasteiger partial charge is 0.324 e. The average Bonchev–Trinajstić information content (AvgIpc) is 2.90. The van der Waals surface area contributed by atoms with Crippen molar-refractivity contribution in [3.8, 4) is 0 Å². The van der Waals surface area contributed by atoms with Gasteiger partial charge in [0.2, 0.25) is 11.8 Å². The molecule has 144 valence electrons. The number of fused-ring (bicyclic) bond motifs is 1. The van der Waals surface area contributed by atoms with Crippen LogP contribution < -0.4 is 11.1 Å². The molecule has 27 heavy (non-hydrogen) atoms. The number of hydrogen-bond acceptors (Lipinski definition) is 5. The van der Waals surface area contributed by atoms with E-state index in [2.05, 4.69) is 17.3 Å². The number of carbonyl (C=O) groups is 3. The lowest BCUT2D eigenvalue weighted by molar-refractivity contribution is -0.136. The Morgan fingerprint density at radius 1 is 1.30 bits per heavy atom. The summed E-state index contributed by atoms with van der Waals surface area (Å²) in [6.07, 6.45) is 4.00. The predicted molar refractivity (Wildman–Crippen MR) is 99.6 cm³/mol. The molecule has 1 saturated carbocycles. The van der Waals surface area contributed by atoms with Gasteiger partial charge in [-0.2, -0.15) is 0 Å². The van der Waals surface area contributed by atoms with Gasteiger partial charge >= 0.3 is 0 Å². The Balaban J connectivity index is 1.45. The number of carbonyl (C=O) groups excluding carboxylic acids is 3. The molecular weight excluding hydrogens is 344 g/mol. The van der Waals surface area contributed by atoms with Gasteiger partial charge in [-0.05, 0) is 49.9 Å². The van der Waals surface area contributed by atoms with E-state index in [0.717, 1.165) is 37.1 Å². The van der Waals surface area contributed by atoms with E-state index in [1.165, 1.54) is 6.42 Å². The monoisotopic (exact) mass is 370 g/mol. The molecule has 1 aromatic carbocycles. The van der Waals surface area contributed by atoms with Crippen LogP contribution in [0.25, 0.3) is 0 Å². The number of nitrogens with zero attached hydrogens (tertiary/aromatic N) is 2. The molecule has 3 amide bonds. The highest BCUT2D eigenvalue weighted by atomic mass is 16.2. The standard InChI is InChI=1S/C20H26N4O3/c1-23(12-20(21)7-2-8-20)10-13-3-4-14-11-24(19(27)15(14)9-13)16-5-6-17(25)22-18(16)26/h3-4,9,16H,2,5-8,10-12,21H2,1H3,(H,22,25,26). The van der Waals surface area contributed by atoms with Crippen molar-refractivity contribution >= 4 is 17.7 Å². The first-order valence-electron chi connectivity index (χ1n) is 9.59. The first kappa shape index (κ1) is 18.1. The van der Waals surface area contributed by atoms with E-state index in [0.29, 0.717) is 18.5 Å². The van der Waals surface area contributed by atoms with Crippen LogP contribution in [-0.4, -0.2) is 52.7 Å². The first-order chi connectivity index (χ1) is 12.8. The Hall–Kier alpha value is -2.25. The lowest BCUT2D eigenvalue weighted by Gasteiger charge is -2.41. The lowest BCUT2D eigenvalue weighted by Crippen LogP contribution is -2.54. The van der Waals surface area contributed by atoms with Crippen molar-refractivity contribution in [2.45, 2.75) is 56.8 Å². The minimum atomic E-state index is -0.565. The van der Waals surface area contributed by atoms with E-state index in [4.69, 9.17) is 5.73 Å². The number of benzene rings is 1. The molecule has 0 aromatic heterocycles. The zero-order valence-electron chi connectivity index (χ0n) is 15.7. The van der Waals surface area contributed by atoms with Gasteiger partial charge in [0, 0.05) is 37.2 Å². The summed E-state index contributed by atoms with van der Waals surface area (Å²) in [7, 11) is 2.05. The number of hydrogen-bond donors (Lipinski definition) is 2. The molecule has 2 fully saturated rings. The van der Waals surface area contributed by atoms with E-state index >= 15 is 0 Å². The summed E-state index contributed by atoms with van der Waals surface area (Å²) in [4.78, 5) is 40.1. The van der Waals surface area contributed by atoms with Crippen molar-refractivity contribution in [1.29, 1.82) is 0 Å². The topological polar surface area (TPSA) is 95.7 Å². The van der Waals surface area contributed by atoms with Crippen molar-refractivity contribution in [2.75, 3.05) is 13.6 Å². The van der Waals surface area contributed by atoms with Gasteiger partial charge in [0.1, 0.15) is 6.04 Å². The molecule has 2 aliphatic heterocycles. The van der Waals surface area contributed by atoms with Crippen LogP contribution in [0.4, 0.5) is 0 Å². The number of rotatable bonds is 5. The third-order valence-corrected chi connectivity index (χ3v) is 5.98. The number of nitrogens with two attached hydrogens (primary N) is 1. The normalized spacial score (nSPS) is 24.0. The van der Waals surface area contributed by atoms with Crippen LogP contribution in [0.15, 0.2) is 18.2 Å². The van der Waals surface area contributed by atoms with Crippen molar-refractivity contribution in [1.82, 2.24) is 15.1 Å². The summed E-state index contributed by atoms with van der Waals surface area (Å²) in [6, 6.07) is 5.39. The molecule has 1 aliphatic carbocycles. The van der Waals surface area contributed by atoms with Crippen LogP contribution in [-0.2, 0) is 22.7 Å². The Kier molecular flexibility index (Phi) is 4.52. The predicted octanol–water partition coefficient (Wildman–Crippen LogP) is 0.761. The third-order valence-electron chi connectivity index (χ3n) is 5.98. The van der Waals surface area contributed by atoms with Gasteiger partial charge in [-0.15, -0.1) is 0 Å². The highest BCUT2D eigenvalue weighted by Crippen LogP contribution is 2.31. The molecule has 1 saturated heterocycles. The highest BCUT2D eigenvalue weighted by molar-refractivity contribution is 6.05. The number of likely N-dealkylation sites (N-methyl/N-ethyl adjacent to an activating group) is 1. The maximum Gasteiger partial charge on any atom is 0.255 e. The molecule has 0 radical (unpaired) electrons. The SMILES string of the molecule is CN(Cc1ccc2c(c1)C(=O)N(C1CCC(=O)NC1=O)C2)CC1(N)CCC1. The van der Waals surface area contributed by atoms with Crippen molar-refractivity contribution < 1.29 is 14.4 Å². The second kappa shape index (κ2) is 6.73. The van der Waals surface area contributed by atoms with Gasteiger partial charge in [0.25, 0.3) is 5.91 Å². The fraction of sp³-hybridized carbons (Fsp3) is 0.550. The van der Waals surface area contributed by atoms with Crippen LogP contribution in [0, 0.1) is 0 Å². The van der Waals surface area contributed by atoms with Crippen molar-refractivity contribution in [3.63, 3.8) is 0 Å². The molecule has 2 heterocycles. The summed E-state index contributed by atoms with van der Waals surface area (Å²) >= 11 is 0. The molecule has 1 aromatic rings. The van der Waals surface area contributed by atoms with Crippen molar-refractivity contribution in [2.24, 2.45) is 5.73 Å². The second-order valence-corrected chi connectivity index (χ2v) is 8.28. The average molecular weight is 370 g/mol. The van der Waals surface area contributed by atoms with Gasteiger partial charge in [0.15, 0.2) is 0 Å². The highest BCUT2D eigenvalue weighted by Gasteiger charge is 2.39. The van der Waals surface area contributed by atoms with Crippen LogP contribution >= 0.6 is 0 Å². The van der Waals surface area contributed by atoms with Crippen LogP contribution in [0.1, 0.15) is 53.6 Å². The smallest absolute Gasteiger partial charge is 0.255 e. The molecule has 0 spiro atoms. The molecule has 7 heteroatoms. The van der Waals surface area contributed by atoms with E-state index in [1.54, 1.807) is 4.90 Å². The fourth-order valence-electron chi connectivity index (χ4n) is 4.39. The minimum Gasteiger partial charge on any atom is -0.324 e. The number of imide groups is 1. The zero-order chi connectivity index (χ0) is 19.2. The second-order valence-electron chi connectivity index (χ2n) is 8.28. The van der Waals surface area contributed by atoms with E-state index < -0.39 is 6.04 Å². The Labute approximate surface area is 158 Å². The quantitative estimate of drug-likeness (QED) is 0.746. The Morgan fingerprint density at radius 2 is 2.07 bits per heavy atom. The summed E-state index contributed by atoms with van der Waals surface area (Å²) < 4.78 is 0. The van der Waals surface area contributed by atoms with Gasteiger partial charge in [-0.25, -0.2) is 0 Å². The van der Waals surface area contributed by atoms with Gasteiger partial charge in [-0.1, -0.05) is 12.1 Å². The summed E-state index contributed by atoms with van der Waals surface area (Å²) in [5.41, 5.74) is 8.93.